The van der Waals surface area contributed by atoms with Crippen LogP contribution in [0.25, 0.3) is 0 Å². The Balaban J connectivity index is 2.75. The molecule has 1 aromatic rings. The molecule has 21 heavy (non-hydrogen) atoms. The average molecular weight is 292 g/mol. The van der Waals surface area contributed by atoms with Crippen LogP contribution in [0, 0.1) is 0 Å². The number of hydrogen-bond donors (Lipinski definition) is 1. The van der Waals surface area contributed by atoms with Gasteiger partial charge in [0.05, 0.1) is 7.11 Å². The summed E-state index contributed by atoms with van der Waals surface area (Å²) in [6.45, 7) is 3.73. The lowest BCUT2D eigenvalue weighted by Crippen LogP contribution is -2.43. The molecule has 0 aliphatic heterocycles. The van der Waals surface area contributed by atoms with Crippen LogP contribution in [0.5, 0.6) is 5.75 Å². The van der Waals surface area contributed by atoms with Crippen LogP contribution in [-0.4, -0.2) is 54.2 Å². The Morgan fingerprint density at radius 1 is 1.43 bits per heavy atom. The molecule has 0 fully saturated rings. The van der Waals surface area contributed by atoms with E-state index < -0.39 is 5.97 Å². The molecule has 0 radical (unpaired) electrons. The number of carbonyl (C=O) groups excluding carboxylic acids is 1. The first-order chi connectivity index (χ1) is 9.97. The van der Waals surface area contributed by atoms with Crippen LogP contribution in [0.15, 0.2) is 36.9 Å². The first-order valence-electron chi connectivity index (χ1n) is 6.43. The summed E-state index contributed by atoms with van der Waals surface area (Å²) in [5.41, 5.74) is 0.902. The van der Waals surface area contributed by atoms with Crippen molar-refractivity contribution in [2.75, 3.05) is 27.2 Å². The molecule has 0 aliphatic carbocycles. The number of hydrogen-bond acceptors (Lipinski definition) is 3. The third-order valence-electron chi connectivity index (χ3n) is 2.83. The normalized spacial score (nSPS) is 9.81. The predicted octanol–water partition coefficient (Wildman–Crippen LogP) is 1.82. The lowest BCUT2D eigenvalue weighted by molar-refractivity contribution is -0.137. The van der Waals surface area contributed by atoms with E-state index >= 15 is 0 Å². The molecule has 0 aliphatic rings. The molecule has 1 rings (SSSR count). The van der Waals surface area contributed by atoms with E-state index in [4.69, 9.17) is 9.84 Å². The molecule has 1 N–H and O–H groups in total. The zero-order chi connectivity index (χ0) is 15.8. The number of benzene rings is 1. The van der Waals surface area contributed by atoms with E-state index in [0.717, 1.165) is 5.56 Å². The summed E-state index contributed by atoms with van der Waals surface area (Å²) < 4.78 is 5.13. The number of nitrogens with zero attached hydrogens (tertiary/aromatic N) is 2. The Bertz CT molecular complexity index is 516. The lowest BCUT2D eigenvalue weighted by atomic mass is 10.2. The zero-order valence-corrected chi connectivity index (χ0v) is 12.3. The average Bonchev–Trinajstić information content (AvgIpc) is 2.45. The molecule has 0 unspecified atom stereocenters. The van der Waals surface area contributed by atoms with Gasteiger partial charge in [-0.3, -0.25) is 4.79 Å². The van der Waals surface area contributed by atoms with Crippen molar-refractivity contribution in [2.24, 2.45) is 0 Å². The Morgan fingerprint density at radius 3 is 2.71 bits per heavy atom. The fourth-order valence-corrected chi connectivity index (χ4v) is 1.88. The van der Waals surface area contributed by atoms with E-state index in [-0.39, 0.29) is 19.1 Å². The van der Waals surface area contributed by atoms with E-state index in [1.807, 2.05) is 24.3 Å². The minimum Gasteiger partial charge on any atom is -0.497 e. The second-order valence-electron chi connectivity index (χ2n) is 4.55. The summed E-state index contributed by atoms with van der Waals surface area (Å²) in [6, 6.07) is 7.01. The quantitative estimate of drug-likeness (QED) is 0.778. The third-order valence-corrected chi connectivity index (χ3v) is 2.83. The minimum absolute atomic E-state index is 0.188. The molecule has 0 spiro atoms. The number of urea groups is 1. The molecule has 6 nitrogen and oxygen atoms in total. The largest absolute Gasteiger partial charge is 0.497 e. The van der Waals surface area contributed by atoms with Crippen molar-refractivity contribution in [1.82, 2.24) is 9.80 Å². The fraction of sp³-hybridized carbons (Fsp3) is 0.333. The summed E-state index contributed by atoms with van der Waals surface area (Å²) in [5, 5.41) is 8.84. The Kier molecular flexibility index (Phi) is 6.26. The Labute approximate surface area is 124 Å². The zero-order valence-electron chi connectivity index (χ0n) is 12.3. The standard InChI is InChI=1S/C15H20N2O4/c1-4-8-17(11-14(18)19)15(20)16(2)10-12-6-5-7-13(9-12)21-3/h4-7,9H,1,8,10-11H2,2-3H3,(H,18,19). The van der Waals surface area contributed by atoms with Gasteiger partial charge in [-0.25, -0.2) is 4.79 Å². The van der Waals surface area contributed by atoms with E-state index in [1.165, 1.54) is 15.9 Å². The van der Waals surface area contributed by atoms with Crippen molar-refractivity contribution in [3.8, 4) is 5.75 Å². The van der Waals surface area contributed by atoms with Gasteiger partial charge in [-0.2, -0.15) is 0 Å². The molecule has 0 atom stereocenters. The summed E-state index contributed by atoms with van der Waals surface area (Å²) in [7, 11) is 3.20. The van der Waals surface area contributed by atoms with Crippen molar-refractivity contribution < 1.29 is 19.4 Å². The number of aliphatic carboxylic acids is 1. The summed E-state index contributed by atoms with van der Waals surface area (Å²) >= 11 is 0. The highest BCUT2D eigenvalue weighted by Crippen LogP contribution is 2.14. The van der Waals surface area contributed by atoms with Crippen LogP contribution in [0.2, 0.25) is 0 Å². The van der Waals surface area contributed by atoms with Gasteiger partial charge in [0.15, 0.2) is 0 Å². The van der Waals surface area contributed by atoms with Gasteiger partial charge in [-0.05, 0) is 17.7 Å². The Hall–Kier alpha value is -2.50. The number of carbonyl (C=O) groups is 2. The SMILES string of the molecule is C=CCN(CC(=O)O)C(=O)N(C)Cc1cccc(OC)c1. The molecule has 0 saturated heterocycles. The number of carboxylic acids is 1. The van der Waals surface area contributed by atoms with Gasteiger partial charge in [-0.1, -0.05) is 18.2 Å². The Morgan fingerprint density at radius 2 is 2.14 bits per heavy atom. The maximum Gasteiger partial charge on any atom is 0.323 e. The lowest BCUT2D eigenvalue weighted by Gasteiger charge is -2.26. The second-order valence-corrected chi connectivity index (χ2v) is 4.55. The number of rotatable bonds is 7. The van der Waals surface area contributed by atoms with Gasteiger partial charge in [0.2, 0.25) is 0 Å². The van der Waals surface area contributed by atoms with Gasteiger partial charge in [0, 0.05) is 20.1 Å². The van der Waals surface area contributed by atoms with Crippen LogP contribution in [0.4, 0.5) is 4.79 Å². The van der Waals surface area contributed by atoms with Gasteiger partial charge in [0.25, 0.3) is 0 Å². The molecule has 6 heteroatoms. The molecule has 0 bridgehead atoms. The van der Waals surface area contributed by atoms with E-state index in [0.29, 0.717) is 12.3 Å². The monoisotopic (exact) mass is 292 g/mol. The number of ether oxygens (including phenoxy) is 1. The van der Waals surface area contributed by atoms with Crippen molar-refractivity contribution in [2.45, 2.75) is 6.54 Å². The number of methoxy groups -OCH3 is 1. The maximum atomic E-state index is 12.2. The maximum absolute atomic E-state index is 12.2. The van der Waals surface area contributed by atoms with Gasteiger partial charge in [0.1, 0.15) is 12.3 Å². The van der Waals surface area contributed by atoms with Crippen LogP contribution in [0.3, 0.4) is 0 Å². The first-order valence-corrected chi connectivity index (χ1v) is 6.43. The fourth-order valence-electron chi connectivity index (χ4n) is 1.88. The van der Waals surface area contributed by atoms with E-state index in [2.05, 4.69) is 6.58 Å². The van der Waals surface area contributed by atoms with Crippen molar-refractivity contribution in [1.29, 1.82) is 0 Å². The van der Waals surface area contributed by atoms with Gasteiger partial charge >= 0.3 is 12.0 Å². The molecular formula is C15H20N2O4. The van der Waals surface area contributed by atoms with Crippen molar-refractivity contribution in [3.63, 3.8) is 0 Å². The molecule has 1 aromatic carbocycles. The highest BCUT2D eigenvalue weighted by Gasteiger charge is 2.19. The van der Waals surface area contributed by atoms with Crippen LogP contribution >= 0.6 is 0 Å². The molecule has 114 valence electrons. The summed E-state index contributed by atoms with van der Waals surface area (Å²) in [4.78, 5) is 25.7. The molecular weight excluding hydrogens is 272 g/mol. The van der Waals surface area contributed by atoms with Crippen molar-refractivity contribution in [3.05, 3.63) is 42.5 Å². The van der Waals surface area contributed by atoms with Crippen LogP contribution in [-0.2, 0) is 11.3 Å². The van der Waals surface area contributed by atoms with Crippen molar-refractivity contribution >= 4 is 12.0 Å². The smallest absolute Gasteiger partial charge is 0.323 e. The molecule has 2 amide bonds. The van der Waals surface area contributed by atoms with Gasteiger partial charge < -0.3 is 19.6 Å². The van der Waals surface area contributed by atoms with Crippen LogP contribution in [0.1, 0.15) is 5.56 Å². The highest BCUT2D eigenvalue weighted by atomic mass is 16.5. The second kappa shape index (κ2) is 7.94. The molecule has 0 aromatic heterocycles. The van der Waals surface area contributed by atoms with Crippen LogP contribution < -0.4 is 4.74 Å². The number of carboxylic acid groups (broad SMARTS) is 1. The summed E-state index contributed by atoms with van der Waals surface area (Å²) in [6.07, 6.45) is 1.50. The minimum atomic E-state index is -1.06. The van der Waals surface area contributed by atoms with E-state index in [1.54, 1.807) is 14.2 Å². The molecule has 0 saturated carbocycles. The number of amides is 2. The predicted molar refractivity (Wildman–Crippen MR) is 79.3 cm³/mol. The highest BCUT2D eigenvalue weighted by molar-refractivity contribution is 5.80. The first kappa shape index (κ1) is 16.6. The van der Waals surface area contributed by atoms with E-state index in [9.17, 15) is 9.59 Å². The topological polar surface area (TPSA) is 70.1 Å². The molecule has 0 heterocycles. The van der Waals surface area contributed by atoms with Gasteiger partial charge in [-0.15, -0.1) is 6.58 Å². The third kappa shape index (κ3) is 5.18. The summed E-state index contributed by atoms with van der Waals surface area (Å²) in [5.74, 6) is -0.346.